The molecule has 3 saturated heterocycles. The average molecular weight is 860 g/mol. The molecule has 16 nitrogen and oxygen atoms in total. The first-order valence-electron chi connectivity index (χ1n) is 22.6. The monoisotopic (exact) mass is 859 g/mol. The van der Waals surface area contributed by atoms with Crippen LogP contribution in [0.25, 0.3) is 11.1 Å². The molecule has 2 aromatic carbocycles. The molecule has 3 fully saturated rings. The molecule has 0 spiro atoms. The van der Waals surface area contributed by atoms with Gasteiger partial charge < -0.3 is 38.8 Å². The molecule has 5 heterocycles. The Labute approximate surface area is 364 Å². The fraction of sp³-hybridized carbons (Fsp3) is 0.609. The smallest absolute Gasteiger partial charge is 0.419 e. The number of esters is 1. The molecule has 7 rings (SSSR count). The summed E-state index contributed by atoms with van der Waals surface area (Å²) in [5.74, 6) is -1.16. The number of unbranched alkanes of at least 4 members (excludes halogenated alkanes) is 1. The number of nitrogens with one attached hydrogen (secondary N) is 1. The Balaban J connectivity index is 0.00000154. The Morgan fingerprint density at radius 2 is 1.47 bits per heavy atom. The van der Waals surface area contributed by atoms with Crippen molar-refractivity contribution in [1.29, 1.82) is 0 Å². The van der Waals surface area contributed by atoms with Crippen molar-refractivity contribution in [3.8, 4) is 0 Å². The van der Waals surface area contributed by atoms with Gasteiger partial charge >= 0.3 is 23.8 Å². The van der Waals surface area contributed by atoms with E-state index >= 15 is 0 Å². The number of hydrogen-bond acceptors (Lipinski definition) is 10. The number of para-hydroxylation sites is 1. The Morgan fingerprint density at radius 1 is 0.806 bits per heavy atom. The van der Waals surface area contributed by atoms with Crippen molar-refractivity contribution < 1.29 is 37.9 Å². The summed E-state index contributed by atoms with van der Waals surface area (Å²) in [5, 5.41) is 3.04. The number of carbonyl (C=O) groups excluding carboxylic acids is 5. The van der Waals surface area contributed by atoms with Crippen LogP contribution in [0.15, 0.2) is 45.6 Å². The van der Waals surface area contributed by atoms with Gasteiger partial charge in [0.1, 0.15) is 0 Å². The second-order valence-electron chi connectivity index (χ2n) is 16.8. The molecule has 1 N–H and O–H groups in total. The Hall–Kier alpha value is -5.38. The summed E-state index contributed by atoms with van der Waals surface area (Å²) in [6.07, 6.45) is 4.83. The third-order valence-electron chi connectivity index (χ3n) is 12.7. The fourth-order valence-electron chi connectivity index (χ4n) is 8.98. The number of ether oxygens (including phenoxy) is 2. The molecule has 0 unspecified atom stereocenters. The van der Waals surface area contributed by atoms with Crippen LogP contribution in [0, 0.1) is 6.92 Å². The van der Waals surface area contributed by atoms with Gasteiger partial charge in [0.25, 0.3) is 5.91 Å². The number of rotatable bonds is 11. The molecule has 0 radical (unpaired) electrons. The number of aryl methyl sites for hydroxylation is 2. The zero-order valence-corrected chi connectivity index (χ0v) is 37.2. The van der Waals surface area contributed by atoms with Crippen molar-refractivity contribution in [2.24, 2.45) is 7.05 Å². The highest BCUT2D eigenvalue weighted by Crippen LogP contribution is 2.27. The van der Waals surface area contributed by atoms with Crippen molar-refractivity contribution in [2.45, 2.75) is 110 Å². The van der Waals surface area contributed by atoms with E-state index in [2.05, 4.69) is 24.1 Å². The average Bonchev–Trinajstić information content (AvgIpc) is 3.46. The highest BCUT2D eigenvalue weighted by atomic mass is 16.6. The van der Waals surface area contributed by atoms with Crippen LogP contribution in [0.1, 0.15) is 88.8 Å². The summed E-state index contributed by atoms with van der Waals surface area (Å²) < 4.78 is 18.0. The minimum Gasteiger partial charge on any atom is -0.466 e. The first-order valence-corrected chi connectivity index (χ1v) is 22.6. The van der Waals surface area contributed by atoms with E-state index in [4.69, 9.17) is 13.9 Å². The molecule has 0 aliphatic carbocycles. The molecule has 16 heteroatoms. The Bertz CT molecular complexity index is 2090. The van der Waals surface area contributed by atoms with Gasteiger partial charge in [0.2, 0.25) is 5.91 Å². The lowest BCUT2D eigenvalue weighted by Crippen LogP contribution is -2.57. The van der Waals surface area contributed by atoms with Crippen LogP contribution in [-0.4, -0.2) is 143 Å². The number of anilines is 1. The SMILES string of the molecule is CCCC.CCOC(=O)CCC(=O)N1CCC(N2CCN(C(=O)[C@@H](Cc3cc(C)c4c(c3)oc(=O)n4C)OC(=O)N3CCC(N4CCc5ccccc5NC4=O)CC3)CC2)CC1. The van der Waals surface area contributed by atoms with E-state index in [-0.39, 0.29) is 55.2 Å². The number of likely N-dealkylation sites (tertiary alicyclic amines) is 2. The van der Waals surface area contributed by atoms with E-state index in [1.165, 1.54) is 17.4 Å². The second-order valence-corrected chi connectivity index (χ2v) is 16.8. The minimum absolute atomic E-state index is 0.0354. The molecule has 338 valence electrons. The first kappa shape index (κ1) is 46.1. The fourth-order valence-corrected chi connectivity index (χ4v) is 8.98. The topological polar surface area (TPSA) is 167 Å². The van der Waals surface area contributed by atoms with Crippen molar-refractivity contribution in [2.75, 3.05) is 70.8 Å². The van der Waals surface area contributed by atoms with Crippen molar-refractivity contribution in [1.82, 2.24) is 29.1 Å². The highest BCUT2D eigenvalue weighted by molar-refractivity contribution is 5.91. The summed E-state index contributed by atoms with van der Waals surface area (Å²) >= 11 is 0. The van der Waals surface area contributed by atoms with Gasteiger partial charge in [-0.05, 0) is 74.8 Å². The predicted octanol–water partition coefficient (Wildman–Crippen LogP) is 5.33. The number of hydrogen-bond donors (Lipinski definition) is 1. The molecule has 0 bridgehead atoms. The number of fused-ring (bicyclic) bond motifs is 2. The number of urea groups is 1. The molecular weight excluding hydrogens is 795 g/mol. The van der Waals surface area contributed by atoms with E-state index in [1.807, 2.05) is 47.1 Å². The number of piperazine rings is 1. The predicted molar refractivity (Wildman–Crippen MR) is 235 cm³/mol. The lowest BCUT2D eigenvalue weighted by atomic mass is 10.0. The van der Waals surface area contributed by atoms with Crippen LogP contribution in [0.2, 0.25) is 0 Å². The zero-order valence-electron chi connectivity index (χ0n) is 37.2. The van der Waals surface area contributed by atoms with Crippen molar-refractivity contribution in [3.05, 3.63) is 63.6 Å². The maximum Gasteiger partial charge on any atom is 0.419 e. The van der Waals surface area contributed by atoms with Gasteiger partial charge in [-0.15, -0.1) is 0 Å². The Morgan fingerprint density at radius 3 is 2.15 bits per heavy atom. The van der Waals surface area contributed by atoms with Crippen LogP contribution in [-0.2, 0) is 43.7 Å². The summed E-state index contributed by atoms with van der Waals surface area (Å²) in [6.45, 7) is 13.1. The normalized spacial score (nSPS) is 18.3. The summed E-state index contributed by atoms with van der Waals surface area (Å²) in [6, 6.07) is 11.5. The largest absolute Gasteiger partial charge is 0.466 e. The molecule has 1 atom stereocenters. The van der Waals surface area contributed by atoms with Crippen LogP contribution in [0.5, 0.6) is 0 Å². The van der Waals surface area contributed by atoms with E-state index in [0.717, 1.165) is 36.1 Å². The molecule has 4 aliphatic rings. The van der Waals surface area contributed by atoms with Crippen molar-refractivity contribution in [3.63, 3.8) is 0 Å². The van der Waals surface area contributed by atoms with Gasteiger partial charge in [0.15, 0.2) is 11.7 Å². The van der Waals surface area contributed by atoms with Crippen LogP contribution in [0.4, 0.5) is 15.3 Å². The van der Waals surface area contributed by atoms with Crippen molar-refractivity contribution >= 4 is 46.7 Å². The van der Waals surface area contributed by atoms with Crippen LogP contribution < -0.4 is 11.1 Å². The third kappa shape index (κ3) is 11.4. The van der Waals surface area contributed by atoms with E-state index < -0.39 is 18.0 Å². The number of aromatic nitrogens is 1. The lowest BCUT2D eigenvalue weighted by molar-refractivity contribution is -0.146. The minimum atomic E-state index is -1.11. The molecule has 0 saturated carbocycles. The van der Waals surface area contributed by atoms with E-state index in [1.54, 1.807) is 29.8 Å². The molecular formula is C46H65N7O9. The standard InChI is InChI=1S/C42H55N7O9.C4H10/c1-4-56-37(51)10-9-36(50)46-16-12-31(13-17-46)45-21-23-47(24-22-45)39(52)35(27-29-25-28(2)38-34(26-29)57-41(54)44(38)3)58-42(55)48-18-14-32(15-19-48)49-20-11-30-7-5-6-8-33(30)43-40(49)53;1-3-4-2/h5-8,25-26,31-32,35H,4,9-24,27H2,1-3H3,(H,43,53);3-4H2,1-2H3/t35-;/m1./s1. The number of piperidine rings is 2. The van der Waals surface area contributed by atoms with Gasteiger partial charge in [0, 0.05) is 96.6 Å². The quantitative estimate of drug-likeness (QED) is 0.249. The Kier molecular flexibility index (Phi) is 16.1. The molecule has 4 aliphatic heterocycles. The maximum atomic E-state index is 14.3. The number of amides is 5. The highest BCUT2D eigenvalue weighted by Gasteiger charge is 2.37. The second kappa shape index (κ2) is 21.6. The van der Waals surface area contributed by atoms with Gasteiger partial charge in [-0.3, -0.25) is 23.9 Å². The number of oxazole rings is 1. The van der Waals surface area contributed by atoms with Gasteiger partial charge in [-0.25, -0.2) is 14.4 Å². The van der Waals surface area contributed by atoms with Crippen LogP contribution in [0.3, 0.4) is 0 Å². The lowest BCUT2D eigenvalue weighted by Gasteiger charge is -2.43. The summed E-state index contributed by atoms with van der Waals surface area (Å²) in [5.41, 5.74) is 4.51. The molecule has 62 heavy (non-hydrogen) atoms. The first-order chi connectivity index (χ1) is 29.9. The third-order valence-corrected chi connectivity index (χ3v) is 12.7. The van der Waals surface area contributed by atoms with E-state index in [0.29, 0.717) is 95.0 Å². The van der Waals surface area contributed by atoms with E-state index in [9.17, 15) is 28.8 Å². The van der Waals surface area contributed by atoms with Gasteiger partial charge in [-0.1, -0.05) is 51.0 Å². The number of benzene rings is 2. The number of nitrogens with zero attached hydrogens (tertiary/aromatic N) is 6. The maximum absolute atomic E-state index is 14.3. The zero-order chi connectivity index (χ0) is 44.3. The van der Waals surface area contributed by atoms with Crippen LogP contribution >= 0.6 is 0 Å². The summed E-state index contributed by atoms with van der Waals surface area (Å²) in [7, 11) is 1.65. The molecule has 1 aromatic heterocycles. The molecule has 3 aromatic rings. The van der Waals surface area contributed by atoms with Gasteiger partial charge in [0.05, 0.1) is 18.5 Å². The summed E-state index contributed by atoms with van der Waals surface area (Å²) in [4.78, 5) is 87.5. The van der Waals surface area contributed by atoms with Gasteiger partial charge in [-0.2, -0.15) is 0 Å². The number of carbonyl (C=O) groups is 5. The molecule has 5 amide bonds.